The number of hydrogen-bond acceptors (Lipinski definition) is 4. The van der Waals surface area contributed by atoms with Crippen LogP contribution in [0.25, 0.3) is 0 Å². The maximum Gasteiger partial charge on any atom is 0.220 e. The third kappa shape index (κ3) is 3.55. The highest BCUT2D eigenvalue weighted by Crippen LogP contribution is 2.53. The zero-order valence-corrected chi connectivity index (χ0v) is 14.0. The minimum absolute atomic E-state index is 0.133. The molecule has 2 aliphatic rings. The van der Waals surface area contributed by atoms with Gasteiger partial charge in [0.15, 0.2) is 0 Å². The van der Waals surface area contributed by atoms with Crippen molar-refractivity contribution in [2.24, 2.45) is 5.41 Å². The molecule has 1 aromatic heterocycles. The Kier molecular flexibility index (Phi) is 5.26. The van der Waals surface area contributed by atoms with E-state index < -0.39 is 0 Å². The van der Waals surface area contributed by atoms with Crippen molar-refractivity contribution >= 4 is 5.91 Å². The van der Waals surface area contributed by atoms with Gasteiger partial charge >= 0.3 is 0 Å². The minimum atomic E-state index is 0.133. The smallest absolute Gasteiger partial charge is 0.220 e. The van der Waals surface area contributed by atoms with Gasteiger partial charge in [0.1, 0.15) is 6.33 Å². The van der Waals surface area contributed by atoms with Crippen molar-refractivity contribution < 1.29 is 9.53 Å². The summed E-state index contributed by atoms with van der Waals surface area (Å²) in [5.41, 5.74) is 1.11. The average molecular weight is 317 g/mol. The molecule has 126 valence electrons. The Morgan fingerprint density at radius 1 is 1.39 bits per heavy atom. The predicted octanol–water partition coefficient (Wildman–Crippen LogP) is 2.65. The summed E-state index contributed by atoms with van der Waals surface area (Å²) in [5.74, 6) is 0.133. The summed E-state index contributed by atoms with van der Waals surface area (Å²) >= 11 is 0. The van der Waals surface area contributed by atoms with E-state index in [-0.39, 0.29) is 17.4 Å². The highest BCUT2D eigenvalue weighted by atomic mass is 16.5. The van der Waals surface area contributed by atoms with E-state index in [0.717, 1.165) is 18.7 Å². The predicted molar refractivity (Wildman–Crippen MR) is 87.8 cm³/mol. The van der Waals surface area contributed by atoms with Crippen molar-refractivity contribution in [3.63, 3.8) is 0 Å². The van der Waals surface area contributed by atoms with Gasteiger partial charge in [-0.3, -0.25) is 4.79 Å². The van der Waals surface area contributed by atoms with Crippen LogP contribution in [0.15, 0.2) is 18.6 Å². The zero-order valence-electron chi connectivity index (χ0n) is 14.0. The molecule has 0 unspecified atom stereocenters. The Morgan fingerprint density at radius 3 is 2.91 bits per heavy atom. The van der Waals surface area contributed by atoms with Gasteiger partial charge in [-0.2, -0.15) is 0 Å². The Morgan fingerprint density at radius 2 is 2.22 bits per heavy atom. The quantitative estimate of drug-likeness (QED) is 0.876. The number of nitrogens with zero attached hydrogens (tertiary/aromatic N) is 2. The molecule has 0 radical (unpaired) electrons. The van der Waals surface area contributed by atoms with Gasteiger partial charge in [0.25, 0.3) is 0 Å². The molecular weight excluding hydrogens is 290 g/mol. The fourth-order valence-corrected chi connectivity index (χ4v) is 4.24. The van der Waals surface area contributed by atoms with Crippen LogP contribution >= 0.6 is 0 Å². The lowest BCUT2D eigenvalue weighted by Gasteiger charge is -2.57. The summed E-state index contributed by atoms with van der Waals surface area (Å²) in [5, 5.41) is 3.27. The first kappa shape index (κ1) is 16.4. The molecule has 2 aliphatic carbocycles. The van der Waals surface area contributed by atoms with Gasteiger partial charge in [-0.05, 0) is 38.7 Å². The van der Waals surface area contributed by atoms with Gasteiger partial charge < -0.3 is 10.1 Å². The number of aryl methyl sites for hydroxylation is 1. The Hall–Kier alpha value is -1.49. The maximum atomic E-state index is 12.3. The topological polar surface area (TPSA) is 64.1 Å². The van der Waals surface area contributed by atoms with E-state index in [1.54, 1.807) is 6.20 Å². The van der Waals surface area contributed by atoms with E-state index in [2.05, 4.69) is 22.2 Å². The van der Waals surface area contributed by atoms with Crippen LogP contribution in [-0.2, 0) is 16.0 Å². The van der Waals surface area contributed by atoms with E-state index in [4.69, 9.17) is 4.74 Å². The largest absolute Gasteiger partial charge is 0.378 e. The first-order valence-corrected chi connectivity index (χ1v) is 8.90. The average Bonchev–Trinajstić information content (AvgIpc) is 2.61. The first-order valence-electron chi connectivity index (χ1n) is 8.90. The van der Waals surface area contributed by atoms with Crippen LogP contribution in [0.1, 0.15) is 57.6 Å². The number of aromatic nitrogens is 2. The second-order valence-corrected chi connectivity index (χ2v) is 6.79. The molecule has 1 amide bonds. The number of nitrogens with one attached hydrogen (secondary N) is 1. The summed E-state index contributed by atoms with van der Waals surface area (Å²) in [4.78, 5) is 20.4. The molecule has 5 heteroatoms. The first-order chi connectivity index (χ1) is 11.2. The van der Waals surface area contributed by atoms with Crippen molar-refractivity contribution in [3.05, 3.63) is 24.3 Å². The molecule has 0 saturated heterocycles. The summed E-state index contributed by atoms with van der Waals surface area (Å²) in [6.45, 7) is 2.82. The molecule has 5 nitrogen and oxygen atoms in total. The molecule has 1 N–H and O–H groups in total. The normalized spacial score (nSPS) is 25.8. The van der Waals surface area contributed by atoms with Crippen LogP contribution < -0.4 is 5.32 Å². The Labute approximate surface area is 138 Å². The number of carbonyl (C=O) groups is 1. The summed E-state index contributed by atoms with van der Waals surface area (Å²) in [6, 6.07) is 2.15. The van der Waals surface area contributed by atoms with Crippen LogP contribution in [0.4, 0.5) is 0 Å². The van der Waals surface area contributed by atoms with Crippen molar-refractivity contribution in [2.75, 3.05) is 6.61 Å². The molecule has 2 fully saturated rings. The highest BCUT2D eigenvalue weighted by Gasteiger charge is 2.55. The van der Waals surface area contributed by atoms with E-state index in [1.807, 2.05) is 6.07 Å². The summed E-state index contributed by atoms with van der Waals surface area (Å²) in [7, 11) is 0. The lowest BCUT2D eigenvalue weighted by atomic mass is 9.55. The van der Waals surface area contributed by atoms with Crippen LogP contribution in [-0.4, -0.2) is 34.6 Å². The molecule has 23 heavy (non-hydrogen) atoms. The van der Waals surface area contributed by atoms with Gasteiger partial charge in [-0.1, -0.05) is 19.3 Å². The number of hydrogen-bond donors (Lipinski definition) is 1. The van der Waals surface area contributed by atoms with E-state index >= 15 is 0 Å². The van der Waals surface area contributed by atoms with Gasteiger partial charge in [0, 0.05) is 36.4 Å². The number of rotatable bonds is 6. The third-order valence-corrected chi connectivity index (χ3v) is 5.52. The molecule has 0 bridgehead atoms. The fourth-order valence-electron chi connectivity index (χ4n) is 4.24. The molecule has 3 rings (SSSR count). The van der Waals surface area contributed by atoms with Gasteiger partial charge in [0.2, 0.25) is 5.91 Å². The van der Waals surface area contributed by atoms with E-state index in [9.17, 15) is 4.79 Å². The van der Waals surface area contributed by atoms with E-state index in [0.29, 0.717) is 18.9 Å². The van der Waals surface area contributed by atoms with Crippen molar-refractivity contribution in [2.45, 2.75) is 70.4 Å². The van der Waals surface area contributed by atoms with Gasteiger partial charge in [0.05, 0.1) is 6.10 Å². The molecule has 1 heterocycles. The van der Waals surface area contributed by atoms with Gasteiger partial charge in [-0.25, -0.2) is 9.97 Å². The number of amides is 1. The Bertz CT molecular complexity index is 514. The molecule has 1 spiro atoms. The second-order valence-electron chi connectivity index (χ2n) is 6.79. The lowest BCUT2D eigenvalue weighted by molar-refractivity contribution is -0.157. The highest BCUT2D eigenvalue weighted by molar-refractivity contribution is 5.76. The summed E-state index contributed by atoms with van der Waals surface area (Å²) in [6.07, 6.45) is 11.9. The molecule has 1 aromatic rings. The molecule has 0 aliphatic heterocycles. The molecular formula is C18H27N3O2. The van der Waals surface area contributed by atoms with Crippen LogP contribution in [0.3, 0.4) is 0 Å². The minimum Gasteiger partial charge on any atom is -0.378 e. The standard InChI is InChI=1S/C18H27N3O2/c1-2-23-16-12-15(18(16)9-4-3-5-10-18)21-17(22)7-6-14-8-11-19-13-20-14/h8,11,13,15-16H,2-7,9-10,12H2,1H3,(H,21,22)/t15-,16+/m0/s1. The van der Waals surface area contributed by atoms with Crippen molar-refractivity contribution in [1.29, 1.82) is 0 Å². The maximum absolute atomic E-state index is 12.3. The third-order valence-electron chi connectivity index (χ3n) is 5.52. The lowest BCUT2D eigenvalue weighted by Crippen LogP contribution is -2.65. The second kappa shape index (κ2) is 7.39. The molecule has 0 aromatic carbocycles. The summed E-state index contributed by atoms with van der Waals surface area (Å²) < 4.78 is 5.94. The Balaban J connectivity index is 1.53. The molecule has 2 atom stereocenters. The molecule has 2 saturated carbocycles. The van der Waals surface area contributed by atoms with Crippen LogP contribution in [0, 0.1) is 5.41 Å². The number of carbonyl (C=O) groups excluding carboxylic acids is 1. The zero-order chi connectivity index (χ0) is 16.1. The fraction of sp³-hybridized carbons (Fsp3) is 0.722. The number of ether oxygens (including phenoxy) is 1. The van der Waals surface area contributed by atoms with Crippen LogP contribution in [0.5, 0.6) is 0 Å². The van der Waals surface area contributed by atoms with Gasteiger partial charge in [-0.15, -0.1) is 0 Å². The monoisotopic (exact) mass is 317 g/mol. The SMILES string of the molecule is CCO[C@@H]1C[C@H](NC(=O)CCc2ccncn2)C12CCCCC2. The van der Waals surface area contributed by atoms with Crippen LogP contribution in [0.2, 0.25) is 0 Å². The van der Waals surface area contributed by atoms with Crippen molar-refractivity contribution in [1.82, 2.24) is 15.3 Å². The van der Waals surface area contributed by atoms with Crippen molar-refractivity contribution in [3.8, 4) is 0 Å². The van der Waals surface area contributed by atoms with E-state index in [1.165, 1.54) is 38.4 Å².